The zero-order valence-electron chi connectivity index (χ0n) is 15.6. The van der Waals surface area contributed by atoms with E-state index in [2.05, 4.69) is 65.6 Å². The van der Waals surface area contributed by atoms with Crippen LogP contribution in [-0.2, 0) is 4.79 Å². The van der Waals surface area contributed by atoms with Crippen molar-refractivity contribution in [2.75, 3.05) is 26.2 Å². The summed E-state index contributed by atoms with van der Waals surface area (Å²) in [6.07, 6.45) is 1.31. The Kier molecular flexibility index (Phi) is 6.42. The minimum Gasteiger partial charge on any atom is -0.340 e. The van der Waals surface area contributed by atoms with Crippen molar-refractivity contribution in [2.24, 2.45) is 5.73 Å². The summed E-state index contributed by atoms with van der Waals surface area (Å²) in [5.41, 5.74) is 8.38. The van der Waals surface area contributed by atoms with Crippen molar-refractivity contribution in [1.82, 2.24) is 9.80 Å². The van der Waals surface area contributed by atoms with Gasteiger partial charge in [-0.2, -0.15) is 0 Å². The number of nitrogens with zero attached hydrogens (tertiary/aromatic N) is 2. The van der Waals surface area contributed by atoms with Gasteiger partial charge in [0.15, 0.2) is 0 Å². The van der Waals surface area contributed by atoms with Gasteiger partial charge in [0.1, 0.15) is 0 Å². The molecule has 1 heterocycles. The van der Waals surface area contributed by atoms with Crippen molar-refractivity contribution in [1.29, 1.82) is 0 Å². The second-order valence-electron chi connectivity index (χ2n) is 7.16. The van der Waals surface area contributed by atoms with Crippen LogP contribution in [0, 0.1) is 0 Å². The summed E-state index contributed by atoms with van der Waals surface area (Å²) in [5, 5.41) is 0. The average molecular weight is 351 g/mol. The zero-order chi connectivity index (χ0) is 18.4. The molecule has 26 heavy (non-hydrogen) atoms. The lowest BCUT2D eigenvalue weighted by Gasteiger charge is -2.40. The Morgan fingerprint density at radius 1 is 0.923 bits per heavy atom. The van der Waals surface area contributed by atoms with E-state index in [1.165, 1.54) is 11.1 Å². The molecular weight excluding hydrogens is 322 g/mol. The molecule has 138 valence electrons. The second-order valence-corrected chi connectivity index (χ2v) is 7.16. The van der Waals surface area contributed by atoms with Crippen LogP contribution in [0.15, 0.2) is 60.7 Å². The van der Waals surface area contributed by atoms with Gasteiger partial charge >= 0.3 is 0 Å². The predicted octanol–water partition coefficient (Wildman–Crippen LogP) is 3.05. The van der Waals surface area contributed by atoms with E-state index in [1.54, 1.807) is 0 Å². The molecular formula is C22H29N3O. The van der Waals surface area contributed by atoms with Crippen molar-refractivity contribution in [3.63, 3.8) is 0 Å². The lowest BCUT2D eigenvalue weighted by Crippen LogP contribution is -2.50. The molecule has 0 radical (unpaired) electrons. The molecule has 1 saturated heterocycles. The van der Waals surface area contributed by atoms with E-state index in [-0.39, 0.29) is 18.0 Å². The maximum absolute atomic E-state index is 12.4. The Balaban J connectivity index is 1.69. The standard InChI is InChI=1S/C22H29N3O/c1-18(23)12-13-21(26)24-14-16-25(17-15-24)22(19-8-4-2-5-9-19)20-10-6-3-7-11-20/h2-11,18,22H,12-17,23H2,1H3. The summed E-state index contributed by atoms with van der Waals surface area (Å²) in [4.78, 5) is 16.8. The fraction of sp³-hybridized carbons (Fsp3) is 0.409. The van der Waals surface area contributed by atoms with Gasteiger partial charge in [0.05, 0.1) is 6.04 Å². The van der Waals surface area contributed by atoms with E-state index in [0.717, 1.165) is 32.6 Å². The lowest BCUT2D eigenvalue weighted by molar-refractivity contribution is -0.133. The first kappa shape index (κ1) is 18.6. The third-order valence-electron chi connectivity index (χ3n) is 5.08. The molecule has 2 aromatic rings. The van der Waals surface area contributed by atoms with Crippen LogP contribution in [-0.4, -0.2) is 47.9 Å². The molecule has 1 amide bonds. The summed E-state index contributed by atoms with van der Waals surface area (Å²) < 4.78 is 0. The highest BCUT2D eigenvalue weighted by atomic mass is 16.2. The number of hydrogen-bond donors (Lipinski definition) is 1. The molecule has 4 heteroatoms. The smallest absolute Gasteiger partial charge is 0.222 e. The second kappa shape index (κ2) is 8.97. The predicted molar refractivity (Wildman–Crippen MR) is 106 cm³/mol. The Labute approximate surface area is 156 Å². The van der Waals surface area contributed by atoms with Crippen LogP contribution in [0.3, 0.4) is 0 Å². The summed E-state index contributed by atoms with van der Waals surface area (Å²) in [7, 11) is 0. The summed E-state index contributed by atoms with van der Waals surface area (Å²) in [6, 6.07) is 21.6. The van der Waals surface area contributed by atoms with Crippen molar-refractivity contribution in [2.45, 2.75) is 31.8 Å². The molecule has 2 N–H and O–H groups in total. The van der Waals surface area contributed by atoms with Crippen molar-refractivity contribution >= 4 is 5.91 Å². The van der Waals surface area contributed by atoms with Gasteiger partial charge in [-0.3, -0.25) is 9.69 Å². The molecule has 0 saturated carbocycles. The molecule has 1 aliphatic rings. The van der Waals surface area contributed by atoms with E-state index in [4.69, 9.17) is 5.73 Å². The van der Waals surface area contributed by atoms with E-state index < -0.39 is 0 Å². The number of amides is 1. The van der Waals surface area contributed by atoms with Crippen molar-refractivity contribution in [3.8, 4) is 0 Å². The summed E-state index contributed by atoms with van der Waals surface area (Å²) in [5.74, 6) is 0.234. The molecule has 1 fully saturated rings. The van der Waals surface area contributed by atoms with Gasteiger partial charge in [0, 0.05) is 38.6 Å². The molecule has 1 atom stereocenters. The highest BCUT2D eigenvalue weighted by molar-refractivity contribution is 5.76. The fourth-order valence-corrected chi connectivity index (χ4v) is 3.62. The van der Waals surface area contributed by atoms with Gasteiger partial charge in [0.2, 0.25) is 5.91 Å². The van der Waals surface area contributed by atoms with Crippen molar-refractivity contribution in [3.05, 3.63) is 71.8 Å². The summed E-state index contributed by atoms with van der Waals surface area (Å²) >= 11 is 0. The minimum atomic E-state index is 0.0841. The first-order valence-corrected chi connectivity index (χ1v) is 9.52. The Hall–Kier alpha value is -2.17. The van der Waals surface area contributed by atoms with Gasteiger partial charge in [-0.1, -0.05) is 60.7 Å². The van der Waals surface area contributed by atoms with E-state index in [0.29, 0.717) is 6.42 Å². The number of nitrogens with two attached hydrogens (primary N) is 1. The Morgan fingerprint density at radius 2 is 1.42 bits per heavy atom. The molecule has 0 aromatic heterocycles. The highest BCUT2D eigenvalue weighted by Gasteiger charge is 2.27. The zero-order valence-corrected chi connectivity index (χ0v) is 15.6. The first-order chi connectivity index (χ1) is 12.6. The van der Waals surface area contributed by atoms with E-state index in [9.17, 15) is 4.79 Å². The quantitative estimate of drug-likeness (QED) is 0.870. The highest BCUT2D eigenvalue weighted by Crippen LogP contribution is 2.29. The third kappa shape index (κ3) is 4.71. The molecule has 3 rings (SSSR count). The average Bonchev–Trinajstić information content (AvgIpc) is 2.68. The van der Waals surface area contributed by atoms with Crippen LogP contribution >= 0.6 is 0 Å². The third-order valence-corrected chi connectivity index (χ3v) is 5.08. The maximum Gasteiger partial charge on any atom is 0.222 e. The van der Waals surface area contributed by atoms with E-state index >= 15 is 0 Å². The molecule has 0 spiro atoms. The van der Waals surface area contributed by atoms with Gasteiger partial charge < -0.3 is 10.6 Å². The summed E-state index contributed by atoms with van der Waals surface area (Å²) in [6.45, 7) is 5.30. The topological polar surface area (TPSA) is 49.6 Å². The van der Waals surface area contributed by atoms with E-state index in [1.807, 2.05) is 11.8 Å². The van der Waals surface area contributed by atoms with Crippen LogP contribution in [0.4, 0.5) is 0 Å². The van der Waals surface area contributed by atoms with Crippen LogP contribution in [0.2, 0.25) is 0 Å². The van der Waals surface area contributed by atoms with Gasteiger partial charge in [-0.25, -0.2) is 0 Å². The number of rotatable bonds is 6. The van der Waals surface area contributed by atoms with Crippen molar-refractivity contribution < 1.29 is 4.79 Å². The monoisotopic (exact) mass is 351 g/mol. The van der Waals surface area contributed by atoms with Gasteiger partial charge in [-0.05, 0) is 24.5 Å². The molecule has 0 aliphatic carbocycles. The van der Waals surface area contributed by atoms with Crippen LogP contribution in [0.1, 0.15) is 36.9 Å². The van der Waals surface area contributed by atoms with Crippen LogP contribution in [0.5, 0.6) is 0 Å². The molecule has 1 aliphatic heterocycles. The lowest BCUT2D eigenvalue weighted by atomic mass is 9.96. The molecule has 2 aromatic carbocycles. The fourth-order valence-electron chi connectivity index (χ4n) is 3.62. The maximum atomic E-state index is 12.4. The SMILES string of the molecule is CC(N)CCC(=O)N1CCN(C(c2ccccc2)c2ccccc2)CC1. The normalized spacial score (nSPS) is 16.7. The number of benzene rings is 2. The van der Waals surface area contributed by atoms with Gasteiger partial charge in [-0.15, -0.1) is 0 Å². The Morgan fingerprint density at radius 3 is 1.88 bits per heavy atom. The molecule has 0 bridgehead atoms. The molecule has 4 nitrogen and oxygen atoms in total. The number of hydrogen-bond acceptors (Lipinski definition) is 3. The van der Waals surface area contributed by atoms with Crippen LogP contribution < -0.4 is 5.73 Å². The van der Waals surface area contributed by atoms with Crippen LogP contribution in [0.25, 0.3) is 0 Å². The minimum absolute atomic E-state index is 0.0841. The largest absolute Gasteiger partial charge is 0.340 e. The Bertz CT molecular complexity index is 640. The molecule has 1 unspecified atom stereocenters. The number of piperazine rings is 1. The van der Waals surface area contributed by atoms with Gasteiger partial charge in [0.25, 0.3) is 0 Å². The number of carbonyl (C=O) groups is 1. The number of carbonyl (C=O) groups excluding carboxylic acids is 1. The first-order valence-electron chi connectivity index (χ1n) is 9.52.